The van der Waals surface area contributed by atoms with Crippen LogP contribution in [0.15, 0.2) is 12.1 Å². The van der Waals surface area contributed by atoms with Crippen LogP contribution < -0.4 is 19.9 Å². The number of hydrogen-bond acceptors (Lipinski definition) is 6. The van der Waals surface area contributed by atoms with Crippen molar-refractivity contribution in [3.05, 3.63) is 17.7 Å². The number of ether oxygens (including phenoxy) is 4. The minimum absolute atomic E-state index is 0. The third kappa shape index (κ3) is 4.39. The highest BCUT2D eigenvalue weighted by molar-refractivity contribution is 5.85. The van der Waals surface area contributed by atoms with Crippen LogP contribution in [-0.2, 0) is 11.3 Å². The molecule has 1 atom stereocenters. The van der Waals surface area contributed by atoms with E-state index < -0.39 is 0 Å². The van der Waals surface area contributed by atoms with Crippen LogP contribution in [0.2, 0.25) is 0 Å². The number of morpholine rings is 1. The van der Waals surface area contributed by atoms with E-state index in [2.05, 4.69) is 4.90 Å². The van der Waals surface area contributed by atoms with Crippen molar-refractivity contribution in [2.45, 2.75) is 12.6 Å². The summed E-state index contributed by atoms with van der Waals surface area (Å²) in [5, 5.41) is 0. The summed E-state index contributed by atoms with van der Waals surface area (Å²) in [6, 6.07) is 3.82. The molecule has 1 heterocycles. The molecule has 0 aromatic heterocycles. The number of nitrogens with zero attached hydrogens (tertiary/aromatic N) is 1. The van der Waals surface area contributed by atoms with E-state index in [4.69, 9.17) is 24.7 Å². The number of halogens is 1. The van der Waals surface area contributed by atoms with Crippen molar-refractivity contribution >= 4 is 12.4 Å². The Morgan fingerprint density at radius 3 is 2.36 bits per heavy atom. The molecular formula is C15H25ClN2O4. The molecule has 0 amide bonds. The molecule has 0 spiro atoms. The van der Waals surface area contributed by atoms with Crippen LogP contribution in [0.4, 0.5) is 0 Å². The molecule has 2 rings (SSSR count). The molecule has 1 fully saturated rings. The van der Waals surface area contributed by atoms with Crippen LogP contribution in [0.3, 0.4) is 0 Å². The Kier molecular flexibility index (Phi) is 7.75. The first kappa shape index (κ1) is 18.8. The first-order valence-electron chi connectivity index (χ1n) is 7.04. The lowest BCUT2D eigenvalue weighted by Crippen LogP contribution is -2.45. The summed E-state index contributed by atoms with van der Waals surface area (Å²) in [7, 11) is 4.91. The van der Waals surface area contributed by atoms with E-state index in [1.54, 1.807) is 21.3 Å². The lowest BCUT2D eigenvalue weighted by Gasteiger charge is -2.32. The third-order valence-electron chi connectivity index (χ3n) is 3.67. The molecule has 0 aliphatic carbocycles. The molecule has 0 bridgehead atoms. The van der Waals surface area contributed by atoms with E-state index in [1.807, 2.05) is 12.1 Å². The van der Waals surface area contributed by atoms with E-state index in [1.165, 1.54) is 0 Å². The van der Waals surface area contributed by atoms with Crippen molar-refractivity contribution in [2.24, 2.45) is 5.73 Å². The molecule has 22 heavy (non-hydrogen) atoms. The molecule has 0 radical (unpaired) electrons. The van der Waals surface area contributed by atoms with Crippen molar-refractivity contribution in [3.8, 4) is 17.2 Å². The fraction of sp³-hybridized carbons (Fsp3) is 0.600. The summed E-state index contributed by atoms with van der Waals surface area (Å²) in [6.07, 6.45) is 0.102. The number of nitrogens with two attached hydrogens (primary N) is 1. The van der Waals surface area contributed by atoms with Crippen LogP contribution in [-0.4, -0.2) is 58.6 Å². The van der Waals surface area contributed by atoms with Gasteiger partial charge < -0.3 is 24.7 Å². The summed E-state index contributed by atoms with van der Waals surface area (Å²) in [5.74, 6) is 2.17. The standard InChI is InChI=1S/C15H24N2O4.ClH/c1-18-13-7-15(20-3)14(19-2)6-11(13)9-17-4-5-21-12(8-16)10-17;/h6-7,12H,4-5,8-10,16H2,1-3H3;1H. The molecular weight excluding hydrogens is 308 g/mol. The third-order valence-corrected chi connectivity index (χ3v) is 3.67. The minimum atomic E-state index is 0. The lowest BCUT2D eigenvalue weighted by atomic mass is 10.1. The topological polar surface area (TPSA) is 66.2 Å². The predicted octanol–water partition coefficient (Wildman–Crippen LogP) is 1.29. The zero-order chi connectivity index (χ0) is 15.2. The fourth-order valence-corrected chi connectivity index (χ4v) is 2.52. The van der Waals surface area contributed by atoms with Crippen molar-refractivity contribution in [2.75, 3.05) is 47.6 Å². The van der Waals surface area contributed by atoms with Gasteiger partial charge in [-0.2, -0.15) is 0 Å². The smallest absolute Gasteiger partial charge is 0.164 e. The van der Waals surface area contributed by atoms with Gasteiger partial charge in [-0.1, -0.05) is 0 Å². The van der Waals surface area contributed by atoms with Crippen molar-refractivity contribution < 1.29 is 18.9 Å². The molecule has 1 aromatic carbocycles. The van der Waals surface area contributed by atoms with Gasteiger partial charge in [-0.15, -0.1) is 12.4 Å². The summed E-state index contributed by atoms with van der Waals surface area (Å²) < 4.78 is 21.7. The van der Waals surface area contributed by atoms with Gasteiger partial charge in [0.05, 0.1) is 34.0 Å². The first-order valence-corrected chi connectivity index (χ1v) is 7.04. The predicted molar refractivity (Wildman–Crippen MR) is 87.4 cm³/mol. The second kappa shape index (κ2) is 9.05. The number of methoxy groups -OCH3 is 3. The lowest BCUT2D eigenvalue weighted by molar-refractivity contribution is -0.0262. The van der Waals surface area contributed by atoms with Crippen molar-refractivity contribution in [3.63, 3.8) is 0 Å². The van der Waals surface area contributed by atoms with Crippen LogP contribution in [0.25, 0.3) is 0 Å². The Morgan fingerprint density at radius 2 is 1.77 bits per heavy atom. The van der Waals surface area contributed by atoms with Gasteiger partial charge in [0.15, 0.2) is 11.5 Å². The Morgan fingerprint density at radius 1 is 1.14 bits per heavy atom. The quantitative estimate of drug-likeness (QED) is 0.847. The number of hydrogen-bond donors (Lipinski definition) is 1. The summed E-state index contributed by atoms with van der Waals surface area (Å²) in [6.45, 7) is 3.72. The van der Waals surface area contributed by atoms with Gasteiger partial charge in [-0.25, -0.2) is 0 Å². The van der Waals surface area contributed by atoms with Gasteiger partial charge in [0.25, 0.3) is 0 Å². The fourth-order valence-electron chi connectivity index (χ4n) is 2.52. The van der Waals surface area contributed by atoms with Gasteiger partial charge in [-0.05, 0) is 6.07 Å². The van der Waals surface area contributed by atoms with E-state index in [0.29, 0.717) is 24.7 Å². The molecule has 126 valence electrons. The van der Waals surface area contributed by atoms with Crippen LogP contribution in [0, 0.1) is 0 Å². The Bertz CT molecular complexity index is 473. The maximum absolute atomic E-state index is 5.69. The second-order valence-corrected chi connectivity index (χ2v) is 4.98. The molecule has 6 nitrogen and oxygen atoms in total. The highest BCUT2D eigenvalue weighted by atomic mass is 35.5. The minimum Gasteiger partial charge on any atom is -0.496 e. The van der Waals surface area contributed by atoms with Crippen molar-refractivity contribution in [1.29, 1.82) is 0 Å². The normalized spacial score (nSPS) is 18.5. The van der Waals surface area contributed by atoms with E-state index in [9.17, 15) is 0 Å². The van der Waals surface area contributed by atoms with E-state index in [0.717, 1.165) is 30.9 Å². The molecule has 0 saturated carbocycles. The molecule has 1 aliphatic rings. The van der Waals surface area contributed by atoms with Crippen LogP contribution in [0.1, 0.15) is 5.56 Å². The highest BCUT2D eigenvalue weighted by Gasteiger charge is 2.21. The maximum atomic E-state index is 5.69. The largest absolute Gasteiger partial charge is 0.496 e. The van der Waals surface area contributed by atoms with Gasteiger partial charge >= 0.3 is 0 Å². The van der Waals surface area contributed by atoms with Gasteiger partial charge in [0.2, 0.25) is 0 Å². The van der Waals surface area contributed by atoms with Crippen LogP contribution >= 0.6 is 12.4 Å². The van der Waals surface area contributed by atoms with E-state index >= 15 is 0 Å². The second-order valence-electron chi connectivity index (χ2n) is 4.98. The number of benzene rings is 1. The summed E-state index contributed by atoms with van der Waals surface area (Å²) in [5.41, 5.74) is 6.75. The Hall–Kier alpha value is -1.21. The zero-order valence-corrected chi connectivity index (χ0v) is 14.1. The SMILES string of the molecule is COc1cc(OC)c(OC)cc1CN1CCOC(CN)C1.Cl. The molecule has 1 aliphatic heterocycles. The maximum Gasteiger partial charge on any atom is 0.164 e. The number of rotatable bonds is 6. The summed E-state index contributed by atoms with van der Waals surface area (Å²) in [4.78, 5) is 2.31. The van der Waals surface area contributed by atoms with E-state index in [-0.39, 0.29) is 18.5 Å². The molecule has 1 saturated heterocycles. The molecule has 1 aromatic rings. The Balaban J connectivity index is 0.00000242. The molecule has 2 N–H and O–H groups in total. The zero-order valence-electron chi connectivity index (χ0n) is 13.3. The van der Waals surface area contributed by atoms with Gasteiger partial charge in [-0.3, -0.25) is 4.90 Å². The molecule has 7 heteroatoms. The first-order chi connectivity index (χ1) is 10.2. The Labute approximate surface area is 137 Å². The summed E-state index contributed by atoms with van der Waals surface area (Å²) >= 11 is 0. The van der Waals surface area contributed by atoms with Crippen molar-refractivity contribution in [1.82, 2.24) is 4.90 Å². The van der Waals surface area contributed by atoms with Gasteiger partial charge in [0, 0.05) is 37.8 Å². The molecule has 1 unspecified atom stereocenters. The average molecular weight is 333 g/mol. The highest BCUT2D eigenvalue weighted by Crippen LogP contribution is 2.35. The average Bonchev–Trinajstić information content (AvgIpc) is 2.54. The van der Waals surface area contributed by atoms with Gasteiger partial charge in [0.1, 0.15) is 5.75 Å². The monoisotopic (exact) mass is 332 g/mol. The van der Waals surface area contributed by atoms with Crippen LogP contribution in [0.5, 0.6) is 17.2 Å².